The smallest absolute Gasteiger partial charge is 0.0835 e. The lowest BCUT2D eigenvalue weighted by atomic mass is 9.98. The first-order valence-electron chi connectivity index (χ1n) is 8.12. The zero-order valence-electron chi connectivity index (χ0n) is 12.7. The molecule has 0 spiro atoms. The van der Waals surface area contributed by atoms with Crippen molar-refractivity contribution in [2.45, 2.75) is 50.8 Å². The van der Waals surface area contributed by atoms with Gasteiger partial charge in [-0.05, 0) is 59.9 Å². The second-order valence-electron chi connectivity index (χ2n) is 6.09. The minimum atomic E-state index is -0.0314. The molecule has 0 saturated carbocycles. The number of alkyl halides is 1. The summed E-state index contributed by atoms with van der Waals surface area (Å²) in [5.41, 5.74) is 6.86. The Morgan fingerprint density at radius 3 is 2.43 bits per heavy atom. The van der Waals surface area contributed by atoms with Gasteiger partial charge in [0.2, 0.25) is 0 Å². The quantitative estimate of drug-likeness (QED) is 0.608. The van der Waals surface area contributed by atoms with Gasteiger partial charge >= 0.3 is 0 Å². The molecule has 1 aliphatic carbocycles. The Labute approximate surface area is 133 Å². The maximum absolute atomic E-state index is 6.69. The van der Waals surface area contributed by atoms with Crippen molar-refractivity contribution in [3.63, 3.8) is 0 Å². The van der Waals surface area contributed by atoms with Crippen LogP contribution in [0.3, 0.4) is 0 Å². The average molecular weight is 299 g/mol. The average Bonchev–Trinajstić information content (AvgIpc) is 3.00. The van der Waals surface area contributed by atoms with Crippen molar-refractivity contribution in [2.24, 2.45) is 0 Å². The fourth-order valence-electron chi connectivity index (χ4n) is 3.18. The molecule has 2 aromatic rings. The number of aryl methyl sites for hydroxylation is 3. The highest BCUT2D eigenvalue weighted by molar-refractivity contribution is 6.22. The predicted octanol–water partition coefficient (Wildman–Crippen LogP) is 5.85. The van der Waals surface area contributed by atoms with Crippen molar-refractivity contribution in [1.29, 1.82) is 0 Å². The van der Waals surface area contributed by atoms with E-state index in [1.54, 1.807) is 0 Å². The van der Waals surface area contributed by atoms with Crippen LogP contribution in [0.15, 0.2) is 42.5 Å². The van der Waals surface area contributed by atoms with E-state index < -0.39 is 0 Å². The van der Waals surface area contributed by atoms with Gasteiger partial charge < -0.3 is 0 Å². The Morgan fingerprint density at radius 2 is 1.67 bits per heavy atom. The molecule has 0 radical (unpaired) electrons. The maximum Gasteiger partial charge on any atom is 0.0835 e. The number of rotatable bonds is 5. The highest BCUT2D eigenvalue weighted by Gasteiger charge is 2.15. The number of benzene rings is 2. The first-order valence-corrected chi connectivity index (χ1v) is 8.56. The Morgan fingerprint density at radius 1 is 0.952 bits per heavy atom. The van der Waals surface area contributed by atoms with E-state index in [4.69, 9.17) is 11.6 Å². The molecule has 3 rings (SSSR count). The first-order chi connectivity index (χ1) is 10.3. The van der Waals surface area contributed by atoms with Crippen LogP contribution in [0, 0.1) is 0 Å². The van der Waals surface area contributed by atoms with E-state index in [1.807, 2.05) is 0 Å². The van der Waals surface area contributed by atoms with Crippen LogP contribution in [-0.2, 0) is 19.3 Å². The highest BCUT2D eigenvalue weighted by atomic mass is 35.5. The van der Waals surface area contributed by atoms with Crippen molar-refractivity contribution in [1.82, 2.24) is 0 Å². The van der Waals surface area contributed by atoms with E-state index in [0.29, 0.717) is 0 Å². The van der Waals surface area contributed by atoms with Gasteiger partial charge in [-0.2, -0.15) is 0 Å². The van der Waals surface area contributed by atoms with Crippen molar-refractivity contribution in [3.8, 4) is 0 Å². The number of fused-ring (bicyclic) bond motifs is 1. The summed E-state index contributed by atoms with van der Waals surface area (Å²) in [6.07, 6.45) is 7.40. The van der Waals surface area contributed by atoms with Gasteiger partial charge in [-0.3, -0.25) is 0 Å². The molecule has 0 aliphatic heterocycles. The lowest BCUT2D eigenvalue weighted by Gasteiger charge is -2.13. The van der Waals surface area contributed by atoms with Gasteiger partial charge in [0.05, 0.1) is 5.38 Å². The highest BCUT2D eigenvalue weighted by Crippen LogP contribution is 2.32. The number of hydrogen-bond donors (Lipinski definition) is 0. The Bertz CT molecular complexity index is 598. The zero-order chi connectivity index (χ0) is 14.7. The molecule has 0 heterocycles. The van der Waals surface area contributed by atoms with Crippen molar-refractivity contribution in [2.75, 3.05) is 0 Å². The van der Waals surface area contributed by atoms with E-state index in [2.05, 4.69) is 49.4 Å². The number of halogens is 1. The molecular formula is C20H23Cl. The predicted molar refractivity (Wildman–Crippen MR) is 91.2 cm³/mol. The van der Waals surface area contributed by atoms with Crippen molar-refractivity contribution >= 4 is 11.6 Å². The van der Waals surface area contributed by atoms with Gasteiger partial charge in [-0.1, -0.05) is 55.8 Å². The van der Waals surface area contributed by atoms with Crippen LogP contribution in [-0.4, -0.2) is 0 Å². The lowest BCUT2D eigenvalue weighted by Crippen LogP contribution is -1.96. The summed E-state index contributed by atoms with van der Waals surface area (Å²) in [5, 5.41) is -0.0314. The van der Waals surface area contributed by atoms with Crippen LogP contribution in [0.5, 0.6) is 0 Å². The third-order valence-electron chi connectivity index (χ3n) is 4.51. The molecule has 1 unspecified atom stereocenters. The molecule has 0 aromatic heterocycles. The van der Waals surface area contributed by atoms with Gasteiger partial charge in [0.25, 0.3) is 0 Å². The third kappa shape index (κ3) is 3.32. The van der Waals surface area contributed by atoms with Crippen LogP contribution >= 0.6 is 11.6 Å². The zero-order valence-corrected chi connectivity index (χ0v) is 13.5. The summed E-state index contributed by atoms with van der Waals surface area (Å²) in [6, 6.07) is 15.6. The van der Waals surface area contributed by atoms with Crippen LogP contribution in [0.25, 0.3) is 0 Å². The summed E-state index contributed by atoms with van der Waals surface area (Å²) in [7, 11) is 0. The molecule has 0 nitrogen and oxygen atoms in total. The lowest BCUT2D eigenvalue weighted by molar-refractivity contribution is 0.794. The van der Waals surface area contributed by atoms with Crippen LogP contribution in [0.2, 0.25) is 0 Å². The molecule has 110 valence electrons. The summed E-state index contributed by atoms with van der Waals surface area (Å²) in [5.74, 6) is 0. The van der Waals surface area contributed by atoms with E-state index in [1.165, 1.54) is 66.3 Å². The summed E-state index contributed by atoms with van der Waals surface area (Å²) >= 11 is 6.69. The molecule has 1 atom stereocenters. The standard InChI is InChI=1S/C20H23Cl/c1-2-3-5-15-8-10-17(11-9-15)20(21)19-13-12-16-6-4-7-18(16)14-19/h8-14,20H,2-7H2,1H3. The fourth-order valence-corrected chi connectivity index (χ4v) is 3.46. The molecule has 2 aromatic carbocycles. The van der Waals surface area contributed by atoms with Gasteiger partial charge in [0.15, 0.2) is 0 Å². The Hall–Kier alpha value is -1.27. The van der Waals surface area contributed by atoms with Gasteiger partial charge in [-0.25, -0.2) is 0 Å². The maximum atomic E-state index is 6.69. The van der Waals surface area contributed by atoms with E-state index in [0.717, 1.165) is 0 Å². The first kappa shape index (κ1) is 14.7. The second-order valence-corrected chi connectivity index (χ2v) is 6.53. The minimum Gasteiger partial charge on any atom is -0.113 e. The van der Waals surface area contributed by atoms with Crippen LogP contribution in [0.4, 0.5) is 0 Å². The monoisotopic (exact) mass is 298 g/mol. The Kier molecular flexibility index (Phi) is 4.65. The second kappa shape index (κ2) is 6.66. The largest absolute Gasteiger partial charge is 0.113 e. The van der Waals surface area contributed by atoms with E-state index in [-0.39, 0.29) is 5.38 Å². The van der Waals surface area contributed by atoms with Gasteiger partial charge in [-0.15, -0.1) is 11.6 Å². The van der Waals surface area contributed by atoms with E-state index in [9.17, 15) is 0 Å². The molecule has 0 amide bonds. The molecule has 1 heteroatoms. The van der Waals surface area contributed by atoms with Crippen molar-refractivity contribution in [3.05, 3.63) is 70.3 Å². The van der Waals surface area contributed by atoms with Gasteiger partial charge in [0.1, 0.15) is 0 Å². The molecule has 1 aliphatic rings. The topological polar surface area (TPSA) is 0 Å². The van der Waals surface area contributed by atoms with Crippen molar-refractivity contribution < 1.29 is 0 Å². The fraction of sp³-hybridized carbons (Fsp3) is 0.400. The molecule has 0 fully saturated rings. The molecular weight excluding hydrogens is 276 g/mol. The van der Waals surface area contributed by atoms with E-state index >= 15 is 0 Å². The van der Waals surface area contributed by atoms with Crippen LogP contribution < -0.4 is 0 Å². The minimum absolute atomic E-state index is 0.0314. The number of hydrogen-bond acceptors (Lipinski definition) is 0. The summed E-state index contributed by atoms with van der Waals surface area (Å²) < 4.78 is 0. The normalized spacial score (nSPS) is 15.0. The van der Waals surface area contributed by atoms with Gasteiger partial charge in [0, 0.05) is 0 Å². The molecule has 0 N–H and O–H groups in total. The van der Waals surface area contributed by atoms with Crippen LogP contribution in [0.1, 0.15) is 59.4 Å². The molecule has 21 heavy (non-hydrogen) atoms. The third-order valence-corrected chi connectivity index (χ3v) is 5.01. The number of unbranched alkanes of at least 4 members (excludes halogenated alkanes) is 1. The molecule has 0 bridgehead atoms. The Balaban J connectivity index is 1.76. The summed E-state index contributed by atoms with van der Waals surface area (Å²) in [4.78, 5) is 0. The molecule has 0 saturated heterocycles. The summed E-state index contributed by atoms with van der Waals surface area (Å²) in [6.45, 7) is 2.23. The SMILES string of the molecule is CCCCc1ccc(C(Cl)c2ccc3c(c2)CCC3)cc1.